The van der Waals surface area contributed by atoms with Crippen molar-refractivity contribution in [3.05, 3.63) is 29.3 Å². The molecular weight excluding hydrogens is 256 g/mol. The van der Waals surface area contributed by atoms with Crippen LogP contribution in [0.3, 0.4) is 0 Å². The maximum absolute atomic E-state index is 10.7. The highest BCUT2D eigenvalue weighted by atomic mass is 16.5. The maximum atomic E-state index is 10.7. The molecule has 0 radical (unpaired) electrons. The Morgan fingerprint density at radius 3 is 2.70 bits per heavy atom. The predicted molar refractivity (Wildman–Crippen MR) is 75.5 cm³/mol. The van der Waals surface area contributed by atoms with E-state index in [4.69, 9.17) is 15.1 Å². The van der Waals surface area contributed by atoms with Gasteiger partial charge in [-0.2, -0.15) is 5.26 Å². The number of hydrogen-bond acceptors (Lipinski definition) is 4. The van der Waals surface area contributed by atoms with Crippen LogP contribution in [0.1, 0.15) is 31.4 Å². The van der Waals surface area contributed by atoms with Crippen LogP contribution < -0.4 is 4.74 Å². The quantitative estimate of drug-likeness (QED) is 0.826. The summed E-state index contributed by atoms with van der Waals surface area (Å²) in [6, 6.07) is 7.58. The Bertz CT molecular complexity index is 506. The molecule has 0 aromatic heterocycles. The van der Waals surface area contributed by atoms with Gasteiger partial charge in [-0.3, -0.25) is 9.69 Å². The second kappa shape index (κ2) is 7.51. The molecule has 1 rings (SSSR count). The summed E-state index contributed by atoms with van der Waals surface area (Å²) in [6.07, 6.45) is 0.0957. The molecule has 0 heterocycles. The van der Waals surface area contributed by atoms with E-state index in [2.05, 4.69) is 6.07 Å². The number of hydrogen-bond donors (Lipinski definition) is 1. The molecule has 0 saturated carbocycles. The van der Waals surface area contributed by atoms with Crippen molar-refractivity contribution in [1.29, 1.82) is 5.26 Å². The van der Waals surface area contributed by atoms with Gasteiger partial charge in [0.1, 0.15) is 5.75 Å². The molecule has 0 aliphatic heterocycles. The van der Waals surface area contributed by atoms with Crippen LogP contribution in [0.2, 0.25) is 0 Å². The molecule has 0 bridgehead atoms. The van der Waals surface area contributed by atoms with Gasteiger partial charge in [0.05, 0.1) is 25.2 Å². The average Bonchev–Trinajstić information content (AvgIpc) is 2.42. The van der Waals surface area contributed by atoms with E-state index in [0.717, 1.165) is 5.56 Å². The molecule has 0 saturated heterocycles. The van der Waals surface area contributed by atoms with Gasteiger partial charge in [-0.15, -0.1) is 0 Å². The van der Waals surface area contributed by atoms with Crippen molar-refractivity contribution in [1.82, 2.24) is 4.90 Å². The fraction of sp³-hybridized carbons (Fsp3) is 0.467. The molecule has 5 heteroatoms. The van der Waals surface area contributed by atoms with E-state index in [9.17, 15) is 4.79 Å². The Hall–Kier alpha value is -2.06. The summed E-state index contributed by atoms with van der Waals surface area (Å²) in [7, 11) is 1.59. The lowest BCUT2D eigenvalue weighted by Gasteiger charge is -2.26. The van der Waals surface area contributed by atoms with Gasteiger partial charge < -0.3 is 9.84 Å². The zero-order valence-electron chi connectivity index (χ0n) is 12.1. The molecule has 0 aliphatic rings. The lowest BCUT2D eigenvalue weighted by molar-refractivity contribution is -0.137. The van der Waals surface area contributed by atoms with Gasteiger partial charge in [-0.1, -0.05) is 0 Å². The lowest BCUT2D eigenvalue weighted by atomic mass is 10.1. The number of nitrogens with zero attached hydrogens (tertiary/aromatic N) is 2. The number of nitriles is 1. The first-order valence-corrected chi connectivity index (χ1v) is 6.50. The fourth-order valence-electron chi connectivity index (χ4n) is 1.95. The minimum Gasteiger partial charge on any atom is -0.496 e. The maximum Gasteiger partial charge on any atom is 0.304 e. The van der Waals surface area contributed by atoms with Crippen LogP contribution in [0.5, 0.6) is 5.75 Å². The molecule has 20 heavy (non-hydrogen) atoms. The average molecular weight is 276 g/mol. The summed E-state index contributed by atoms with van der Waals surface area (Å²) in [5, 5.41) is 17.8. The Labute approximate surface area is 119 Å². The highest BCUT2D eigenvalue weighted by Gasteiger charge is 2.14. The number of carboxylic acids is 1. The van der Waals surface area contributed by atoms with Crippen LogP contribution in [0.4, 0.5) is 0 Å². The summed E-state index contributed by atoms with van der Waals surface area (Å²) in [6.45, 7) is 5.06. The van der Waals surface area contributed by atoms with Crippen LogP contribution in [-0.2, 0) is 11.3 Å². The van der Waals surface area contributed by atoms with Gasteiger partial charge in [-0.05, 0) is 32.0 Å². The standard InChI is InChI=1S/C15H20N2O3/c1-11(2)17(7-6-15(18)19)10-13-8-12(9-16)4-5-14(13)20-3/h4-5,8,11H,6-7,10H2,1-3H3,(H,18,19). The number of carboxylic acid groups (broad SMARTS) is 1. The number of methoxy groups -OCH3 is 1. The van der Waals surface area contributed by atoms with Crippen molar-refractivity contribution in [3.63, 3.8) is 0 Å². The first-order chi connectivity index (χ1) is 9.47. The SMILES string of the molecule is COc1ccc(C#N)cc1CN(CCC(=O)O)C(C)C. The van der Waals surface area contributed by atoms with E-state index in [-0.39, 0.29) is 12.5 Å². The monoisotopic (exact) mass is 276 g/mol. The van der Waals surface area contributed by atoms with Crippen molar-refractivity contribution >= 4 is 5.97 Å². The summed E-state index contributed by atoms with van der Waals surface area (Å²) in [5.41, 5.74) is 1.47. The second-order valence-corrected chi connectivity index (χ2v) is 4.85. The van der Waals surface area contributed by atoms with Gasteiger partial charge in [0, 0.05) is 24.7 Å². The molecule has 108 valence electrons. The second-order valence-electron chi connectivity index (χ2n) is 4.85. The number of rotatable bonds is 7. The molecular formula is C15H20N2O3. The Morgan fingerprint density at radius 1 is 1.50 bits per heavy atom. The number of carbonyl (C=O) groups is 1. The third kappa shape index (κ3) is 4.56. The zero-order chi connectivity index (χ0) is 15.1. The Morgan fingerprint density at radius 2 is 2.20 bits per heavy atom. The summed E-state index contributed by atoms with van der Waals surface area (Å²) >= 11 is 0. The van der Waals surface area contributed by atoms with Crippen molar-refractivity contribution in [3.8, 4) is 11.8 Å². The number of ether oxygens (including phenoxy) is 1. The van der Waals surface area contributed by atoms with Gasteiger partial charge >= 0.3 is 5.97 Å². The molecule has 0 spiro atoms. The molecule has 0 amide bonds. The van der Waals surface area contributed by atoms with Crippen LogP contribution in [-0.4, -0.2) is 35.7 Å². The van der Waals surface area contributed by atoms with Crippen molar-refractivity contribution < 1.29 is 14.6 Å². The van der Waals surface area contributed by atoms with E-state index in [1.807, 2.05) is 18.7 Å². The molecule has 0 aliphatic carbocycles. The zero-order valence-corrected chi connectivity index (χ0v) is 12.1. The van der Waals surface area contributed by atoms with Crippen LogP contribution in [0.25, 0.3) is 0 Å². The highest BCUT2D eigenvalue weighted by Crippen LogP contribution is 2.22. The van der Waals surface area contributed by atoms with Gasteiger partial charge in [0.2, 0.25) is 0 Å². The molecule has 1 aromatic rings. The number of aliphatic carboxylic acids is 1. The fourth-order valence-corrected chi connectivity index (χ4v) is 1.95. The first-order valence-electron chi connectivity index (χ1n) is 6.50. The topological polar surface area (TPSA) is 73.6 Å². The van der Waals surface area contributed by atoms with Gasteiger partial charge in [0.15, 0.2) is 0 Å². The Kier molecular flexibility index (Phi) is 6.01. The number of benzene rings is 1. The van der Waals surface area contributed by atoms with Crippen LogP contribution in [0, 0.1) is 11.3 Å². The third-order valence-electron chi connectivity index (χ3n) is 3.13. The van der Waals surface area contributed by atoms with Crippen molar-refractivity contribution in [2.75, 3.05) is 13.7 Å². The van der Waals surface area contributed by atoms with E-state index < -0.39 is 5.97 Å². The molecule has 1 N–H and O–H groups in total. The highest BCUT2D eigenvalue weighted by molar-refractivity contribution is 5.66. The molecule has 0 fully saturated rings. The molecule has 0 unspecified atom stereocenters. The van der Waals surface area contributed by atoms with Gasteiger partial charge in [0.25, 0.3) is 0 Å². The summed E-state index contributed by atoms with van der Waals surface area (Å²) < 4.78 is 5.30. The Balaban J connectivity index is 2.92. The van der Waals surface area contributed by atoms with Crippen molar-refractivity contribution in [2.24, 2.45) is 0 Å². The van der Waals surface area contributed by atoms with E-state index in [1.54, 1.807) is 25.3 Å². The van der Waals surface area contributed by atoms with E-state index in [0.29, 0.717) is 24.4 Å². The molecule has 0 atom stereocenters. The lowest BCUT2D eigenvalue weighted by Crippen LogP contribution is -2.32. The van der Waals surface area contributed by atoms with Crippen LogP contribution in [0.15, 0.2) is 18.2 Å². The smallest absolute Gasteiger partial charge is 0.304 e. The minimum absolute atomic E-state index is 0.0957. The van der Waals surface area contributed by atoms with Crippen molar-refractivity contribution in [2.45, 2.75) is 32.9 Å². The molecule has 5 nitrogen and oxygen atoms in total. The first kappa shape index (κ1) is 16.0. The van der Waals surface area contributed by atoms with E-state index in [1.165, 1.54) is 0 Å². The third-order valence-corrected chi connectivity index (χ3v) is 3.13. The van der Waals surface area contributed by atoms with Crippen LogP contribution >= 0.6 is 0 Å². The van der Waals surface area contributed by atoms with E-state index >= 15 is 0 Å². The van der Waals surface area contributed by atoms with Gasteiger partial charge in [-0.25, -0.2) is 0 Å². The molecule has 1 aromatic carbocycles. The minimum atomic E-state index is -0.812. The largest absolute Gasteiger partial charge is 0.496 e. The summed E-state index contributed by atoms with van der Waals surface area (Å²) in [4.78, 5) is 12.8. The normalized spacial score (nSPS) is 10.6. The summed E-state index contributed by atoms with van der Waals surface area (Å²) in [5.74, 6) is -0.0987. The predicted octanol–water partition coefficient (Wildman–Crippen LogP) is 2.25.